The molecule has 9 heteroatoms. The van der Waals surface area contributed by atoms with Gasteiger partial charge in [0.1, 0.15) is 0 Å². The van der Waals surface area contributed by atoms with Crippen molar-refractivity contribution in [1.82, 2.24) is 15.7 Å². The Balaban J connectivity index is 1.64. The number of aryl methyl sites for hydroxylation is 1. The van der Waals surface area contributed by atoms with E-state index >= 15 is 0 Å². The molecule has 1 heterocycles. The molecule has 4 N–H and O–H groups in total. The van der Waals surface area contributed by atoms with Gasteiger partial charge in [-0.1, -0.05) is 42.8 Å². The highest BCUT2D eigenvalue weighted by atomic mass is 35.5. The number of rotatable bonds is 9. The fraction of sp³-hybridized carbons (Fsp3) is 0.400. The van der Waals surface area contributed by atoms with Gasteiger partial charge >= 0.3 is 0 Å². The summed E-state index contributed by atoms with van der Waals surface area (Å²) in [6.45, 7) is 3.03. The second kappa shape index (κ2) is 12.0. The van der Waals surface area contributed by atoms with E-state index in [1.54, 1.807) is 29.2 Å². The zero-order valence-corrected chi connectivity index (χ0v) is 20.1. The van der Waals surface area contributed by atoms with E-state index < -0.39 is 5.41 Å². The predicted octanol–water partition coefficient (Wildman–Crippen LogP) is 2.45. The minimum Gasteiger partial charge on any atom is -0.351 e. The van der Waals surface area contributed by atoms with Crippen LogP contribution in [0.1, 0.15) is 41.3 Å². The minimum atomic E-state index is -0.900. The summed E-state index contributed by atoms with van der Waals surface area (Å²) in [7, 11) is 0. The highest BCUT2D eigenvalue weighted by Crippen LogP contribution is 2.32. The van der Waals surface area contributed by atoms with E-state index in [1.165, 1.54) is 0 Å². The van der Waals surface area contributed by atoms with Crippen molar-refractivity contribution in [3.63, 3.8) is 0 Å². The third-order valence-electron chi connectivity index (χ3n) is 6.21. The van der Waals surface area contributed by atoms with Crippen LogP contribution in [0.4, 0.5) is 0 Å². The number of halogens is 1. The van der Waals surface area contributed by atoms with Crippen LogP contribution in [0.2, 0.25) is 5.02 Å². The Labute approximate surface area is 204 Å². The van der Waals surface area contributed by atoms with Crippen LogP contribution in [-0.4, -0.2) is 48.9 Å². The molecule has 3 amide bonds. The molecular formula is C25H31ClN4O4. The van der Waals surface area contributed by atoms with Crippen LogP contribution in [0.15, 0.2) is 48.5 Å². The van der Waals surface area contributed by atoms with Gasteiger partial charge in [-0.15, -0.1) is 0 Å². The molecule has 0 aromatic heterocycles. The van der Waals surface area contributed by atoms with E-state index in [0.717, 1.165) is 17.5 Å². The number of likely N-dealkylation sites (tertiary alicyclic amines) is 1. The van der Waals surface area contributed by atoms with E-state index in [4.69, 9.17) is 22.2 Å². The lowest BCUT2D eigenvalue weighted by Gasteiger charge is -2.40. The first-order valence-electron chi connectivity index (χ1n) is 11.4. The highest BCUT2D eigenvalue weighted by Gasteiger charge is 2.42. The highest BCUT2D eigenvalue weighted by molar-refractivity contribution is 6.30. The van der Waals surface area contributed by atoms with E-state index in [2.05, 4.69) is 10.8 Å². The van der Waals surface area contributed by atoms with Gasteiger partial charge in [0.05, 0.1) is 18.6 Å². The van der Waals surface area contributed by atoms with Crippen molar-refractivity contribution in [2.45, 2.75) is 32.7 Å². The summed E-state index contributed by atoms with van der Waals surface area (Å²) in [5.74, 6) is -0.737. The summed E-state index contributed by atoms with van der Waals surface area (Å²) in [5, 5.41) is 3.55. The smallest absolute Gasteiger partial charge is 0.274 e. The Bertz CT molecular complexity index is 1000. The third-order valence-corrected chi connectivity index (χ3v) is 6.44. The Kier molecular flexibility index (Phi) is 9.04. The largest absolute Gasteiger partial charge is 0.351 e. The second-order valence-electron chi connectivity index (χ2n) is 8.45. The number of hydroxylamine groups is 1. The van der Waals surface area contributed by atoms with Crippen molar-refractivity contribution in [2.24, 2.45) is 11.1 Å². The minimum absolute atomic E-state index is 0.0161. The topological polar surface area (TPSA) is 114 Å². The molecule has 1 aliphatic heterocycles. The molecule has 8 nitrogen and oxygen atoms in total. The van der Waals surface area contributed by atoms with Crippen molar-refractivity contribution in [1.29, 1.82) is 0 Å². The zero-order chi connectivity index (χ0) is 24.6. The number of nitrogens with zero attached hydrogens (tertiary/aromatic N) is 1. The third kappa shape index (κ3) is 6.56. The molecule has 3 rings (SSSR count). The normalized spacial score (nSPS) is 15.0. The van der Waals surface area contributed by atoms with Gasteiger partial charge < -0.3 is 16.0 Å². The van der Waals surface area contributed by atoms with Crippen LogP contribution in [0.3, 0.4) is 0 Å². The summed E-state index contributed by atoms with van der Waals surface area (Å²) in [6.07, 6.45) is 1.66. The first kappa shape index (κ1) is 25.7. The van der Waals surface area contributed by atoms with Gasteiger partial charge in [-0.05, 0) is 54.7 Å². The fourth-order valence-corrected chi connectivity index (χ4v) is 4.17. The summed E-state index contributed by atoms with van der Waals surface area (Å²) >= 11 is 6.04. The van der Waals surface area contributed by atoms with Gasteiger partial charge in [0.15, 0.2) is 0 Å². The molecular weight excluding hydrogens is 456 g/mol. The molecule has 0 radical (unpaired) electrons. The van der Waals surface area contributed by atoms with E-state index in [9.17, 15) is 14.4 Å². The number of piperidine rings is 1. The lowest BCUT2D eigenvalue weighted by Crippen LogP contribution is -2.53. The second-order valence-corrected chi connectivity index (χ2v) is 8.88. The lowest BCUT2D eigenvalue weighted by atomic mass is 9.78. The van der Waals surface area contributed by atoms with Crippen molar-refractivity contribution in [3.05, 3.63) is 70.2 Å². The van der Waals surface area contributed by atoms with Gasteiger partial charge in [-0.2, -0.15) is 0 Å². The van der Waals surface area contributed by atoms with Crippen molar-refractivity contribution in [2.75, 3.05) is 26.2 Å². The van der Waals surface area contributed by atoms with Gasteiger partial charge in [0, 0.05) is 30.2 Å². The van der Waals surface area contributed by atoms with Crippen LogP contribution in [0, 0.1) is 5.41 Å². The number of carbonyl (C=O) groups is 3. The molecule has 1 fully saturated rings. The maximum atomic E-state index is 13.3. The standard InChI is InChI=1S/C25H31ClN4O4/c1-2-18-6-8-20(9-7-18)23(32)29-34-17-25(10-12-30(13-11-25)22(31)15-27)24(33)28-16-19-4-3-5-21(26)14-19/h3-9,14H,2,10-13,15-17,27H2,1H3,(H,28,33)(H,29,32). The summed E-state index contributed by atoms with van der Waals surface area (Å²) < 4.78 is 0. The van der Waals surface area contributed by atoms with Gasteiger partial charge in [0.2, 0.25) is 11.8 Å². The summed E-state index contributed by atoms with van der Waals surface area (Å²) in [4.78, 5) is 44.9. The van der Waals surface area contributed by atoms with Crippen LogP contribution in [-0.2, 0) is 27.4 Å². The molecule has 1 saturated heterocycles. The molecule has 182 valence electrons. The Morgan fingerprint density at radius 2 is 1.79 bits per heavy atom. The first-order chi connectivity index (χ1) is 16.4. The SMILES string of the molecule is CCc1ccc(C(=O)NOCC2(C(=O)NCc3cccc(Cl)c3)CCN(C(=O)CN)CC2)cc1. The van der Waals surface area contributed by atoms with Gasteiger partial charge in [-0.3, -0.25) is 19.2 Å². The van der Waals surface area contributed by atoms with Gasteiger partial charge in [0.25, 0.3) is 5.91 Å². The molecule has 2 aromatic carbocycles. The number of carbonyl (C=O) groups excluding carboxylic acids is 3. The maximum absolute atomic E-state index is 13.3. The van der Waals surface area contributed by atoms with Crippen LogP contribution < -0.4 is 16.5 Å². The molecule has 0 spiro atoms. The van der Waals surface area contributed by atoms with Crippen molar-refractivity contribution < 1.29 is 19.2 Å². The Hall–Kier alpha value is -2.94. The Morgan fingerprint density at radius 1 is 1.09 bits per heavy atom. The molecule has 0 aliphatic carbocycles. The van der Waals surface area contributed by atoms with Crippen LogP contribution in [0.25, 0.3) is 0 Å². The average Bonchev–Trinajstić information content (AvgIpc) is 2.87. The Morgan fingerprint density at radius 3 is 2.41 bits per heavy atom. The first-order valence-corrected chi connectivity index (χ1v) is 11.8. The number of amides is 3. The molecule has 0 atom stereocenters. The molecule has 0 bridgehead atoms. The molecule has 2 aromatic rings. The zero-order valence-electron chi connectivity index (χ0n) is 19.3. The van der Waals surface area contributed by atoms with Crippen LogP contribution in [0.5, 0.6) is 0 Å². The molecule has 34 heavy (non-hydrogen) atoms. The number of nitrogens with two attached hydrogens (primary N) is 1. The summed E-state index contributed by atoms with van der Waals surface area (Å²) in [5.41, 5.74) is 9.52. The van der Waals surface area contributed by atoms with Crippen LogP contribution >= 0.6 is 11.6 Å². The average molecular weight is 487 g/mol. The number of nitrogens with one attached hydrogen (secondary N) is 2. The maximum Gasteiger partial charge on any atom is 0.274 e. The van der Waals surface area contributed by atoms with Crippen molar-refractivity contribution in [3.8, 4) is 0 Å². The predicted molar refractivity (Wildman–Crippen MR) is 130 cm³/mol. The van der Waals surface area contributed by atoms with Gasteiger partial charge in [-0.25, -0.2) is 5.48 Å². The lowest BCUT2D eigenvalue weighted by molar-refractivity contribution is -0.145. The molecule has 0 unspecified atom stereocenters. The van der Waals surface area contributed by atoms with E-state index in [0.29, 0.717) is 43.1 Å². The number of benzene rings is 2. The molecule has 1 aliphatic rings. The fourth-order valence-electron chi connectivity index (χ4n) is 3.96. The molecule has 0 saturated carbocycles. The quantitative estimate of drug-likeness (QED) is 0.471. The number of hydrogen-bond donors (Lipinski definition) is 3. The van der Waals surface area contributed by atoms with E-state index in [1.807, 2.05) is 31.2 Å². The van der Waals surface area contributed by atoms with Crippen molar-refractivity contribution >= 4 is 29.3 Å². The van der Waals surface area contributed by atoms with E-state index in [-0.39, 0.29) is 30.9 Å². The monoisotopic (exact) mass is 486 g/mol. The summed E-state index contributed by atoms with van der Waals surface area (Å²) in [6, 6.07) is 14.5. The number of hydrogen-bond acceptors (Lipinski definition) is 5.